The number of rotatable bonds is 6. The Balaban J connectivity index is 1.70. The van der Waals surface area contributed by atoms with Gasteiger partial charge in [0.15, 0.2) is 0 Å². The summed E-state index contributed by atoms with van der Waals surface area (Å²) in [5.74, 6) is 0.479. The van der Waals surface area contributed by atoms with Crippen molar-refractivity contribution in [2.75, 3.05) is 11.9 Å². The number of carbonyl (C=O) groups excluding carboxylic acids is 1. The van der Waals surface area contributed by atoms with Crippen LogP contribution in [0.5, 0.6) is 0 Å². The van der Waals surface area contributed by atoms with E-state index >= 15 is 0 Å². The zero-order chi connectivity index (χ0) is 19.6. The summed E-state index contributed by atoms with van der Waals surface area (Å²) in [5, 5.41) is 16.5. The summed E-state index contributed by atoms with van der Waals surface area (Å²) in [6, 6.07) is 9.32. The minimum absolute atomic E-state index is 0.126. The molecule has 2 aromatic heterocycles. The third kappa shape index (κ3) is 4.74. The van der Waals surface area contributed by atoms with E-state index in [-0.39, 0.29) is 17.8 Å². The van der Waals surface area contributed by atoms with Gasteiger partial charge in [-0.25, -0.2) is 9.97 Å². The molecule has 0 atom stereocenters. The van der Waals surface area contributed by atoms with Gasteiger partial charge in [-0.2, -0.15) is 0 Å². The van der Waals surface area contributed by atoms with Crippen LogP contribution in [0.4, 0.5) is 5.82 Å². The molecule has 2 heterocycles. The van der Waals surface area contributed by atoms with Crippen molar-refractivity contribution < 1.29 is 9.90 Å². The number of anilines is 1. The number of benzene rings is 1. The zero-order valence-corrected chi connectivity index (χ0v) is 16.9. The minimum Gasteiger partial charge on any atom is -0.394 e. The molecule has 1 amide bonds. The molecule has 8 heteroatoms. The van der Waals surface area contributed by atoms with Crippen LogP contribution in [0.2, 0.25) is 5.28 Å². The number of nitrogens with zero attached hydrogens (tertiary/aromatic N) is 2. The average molecular weight is 405 g/mol. The molecular formula is C19H21ClN4O2S. The molecule has 0 bridgehead atoms. The zero-order valence-electron chi connectivity index (χ0n) is 15.3. The van der Waals surface area contributed by atoms with Crippen molar-refractivity contribution >= 4 is 44.9 Å². The second kappa shape index (κ2) is 7.80. The Kier molecular flexibility index (Phi) is 5.64. The summed E-state index contributed by atoms with van der Waals surface area (Å²) in [7, 11) is 0. The van der Waals surface area contributed by atoms with Gasteiger partial charge in [-0.05, 0) is 56.1 Å². The fourth-order valence-electron chi connectivity index (χ4n) is 2.53. The molecule has 3 N–H and O–H groups in total. The maximum atomic E-state index is 12.2. The summed E-state index contributed by atoms with van der Waals surface area (Å²) in [4.78, 5) is 22.8. The first-order valence-corrected chi connectivity index (χ1v) is 9.67. The van der Waals surface area contributed by atoms with Gasteiger partial charge >= 0.3 is 0 Å². The van der Waals surface area contributed by atoms with E-state index in [0.29, 0.717) is 17.9 Å². The number of fused-ring (bicyclic) bond motifs is 1. The molecule has 0 aliphatic carbocycles. The maximum absolute atomic E-state index is 12.2. The first kappa shape index (κ1) is 19.5. The van der Waals surface area contributed by atoms with Gasteiger partial charge in [0.25, 0.3) is 5.91 Å². The molecule has 0 radical (unpaired) electrons. The number of aliphatic hydroxyl groups excluding tert-OH is 1. The fraction of sp³-hybridized carbons (Fsp3) is 0.316. The van der Waals surface area contributed by atoms with Gasteiger partial charge in [-0.3, -0.25) is 4.79 Å². The van der Waals surface area contributed by atoms with Gasteiger partial charge in [-0.1, -0.05) is 12.1 Å². The van der Waals surface area contributed by atoms with Crippen LogP contribution in [-0.2, 0) is 6.54 Å². The van der Waals surface area contributed by atoms with Crippen LogP contribution in [0.3, 0.4) is 0 Å². The molecule has 0 unspecified atom stereocenters. The smallest absolute Gasteiger partial charge is 0.251 e. The van der Waals surface area contributed by atoms with Gasteiger partial charge < -0.3 is 15.7 Å². The number of aryl methyl sites for hydroxylation is 1. The highest BCUT2D eigenvalue weighted by Gasteiger charge is 2.19. The van der Waals surface area contributed by atoms with E-state index in [0.717, 1.165) is 20.7 Å². The van der Waals surface area contributed by atoms with Crippen molar-refractivity contribution in [3.05, 3.63) is 51.6 Å². The molecular weight excluding hydrogens is 384 g/mol. The molecule has 0 spiro atoms. The normalized spacial score (nSPS) is 11.6. The van der Waals surface area contributed by atoms with Crippen LogP contribution in [0, 0.1) is 6.92 Å². The highest BCUT2D eigenvalue weighted by Crippen LogP contribution is 2.29. The summed E-state index contributed by atoms with van der Waals surface area (Å²) in [6.07, 6.45) is 0. The largest absolute Gasteiger partial charge is 0.394 e. The number of thiophene rings is 1. The first-order chi connectivity index (χ1) is 12.8. The number of aromatic nitrogens is 2. The third-order valence-corrected chi connectivity index (χ3v) is 5.13. The molecule has 6 nitrogen and oxygen atoms in total. The summed E-state index contributed by atoms with van der Waals surface area (Å²) in [6.45, 7) is 5.97. The predicted molar refractivity (Wildman–Crippen MR) is 110 cm³/mol. The Morgan fingerprint density at radius 2 is 1.96 bits per heavy atom. The molecule has 0 aliphatic rings. The number of hydrogen-bond donors (Lipinski definition) is 3. The molecule has 27 heavy (non-hydrogen) atoms. The first-order valence-electron chi connectivity index (χ1n) is 8.47. The van der Waals surface area contributed by atoms with E-state index in [4.69, 9.17) is 11.6 Å². The monoisotopic (exact) mass is 404 g/mol. The molecule has 3 aromatic rings. The number of amides is 1. The van der Waals surface area contributed by atoms with Crippen molar-refractivity contribution in [1.29, 1.82) is 0 Å². The van der Waals surface area contributed by atoms with Gasteiger partial charge in [0.2, 0.25) is 5.28 Å². The van der Waals surface area contributed by atoms with Gasteiger partial charge in [-0.15, -0.1) is 11.3 Å². The lowest BCUT2D eigenvalue weighted by Gasteiger charge is -2.23. The van der Waals surface area contributed by atoms with Crippen LogP contribution in [0.25, 0.3) is 10.2 Å². The van der Waals surface area contributed by atoms with Crippen LogP contribution in [0.1, 0.15) is 34.6 Å². The molecule has 0 aliphatic heterocycles. The third-order valence-electron chi connectivity index (χ3n) is 4.01. The fourth-order valence-corrected chi connectivity index (χ4v) is 3.63. The van der Waals surface area contributed by atoms with Crippen molar-refractivity contribution in [3.8, 4) is 0 Å². The summed E-state index contributed by atoms with van der Waals surface area (Å²) in [5.41, 5.74) is 0.886. The quantitative estimate of drug-likeness (QED) is 0.544. The van der Waals surface area contributed by atoms with E-state index in [1.807, 2.05) is 25.1 Å². The standard InChI is InChI=1S/C19H21ClN4O2S/c1-11-8-14-15(22-18(20)23-17(14)27-11)21-9-12-4-6-13(7-5-12)16(26)24-19(2,3)10-25/h4-8,25H,9-10H2,1-3H3,(H,24,26)(H,21,22,23). The summed E-state index contributed by atoms with van der Waals surface area (Å²) < 4.78 is 0. The maximum Gasteiger partial charge on any atom is 0.251 e. The molecule has 0 fully saturated rings. The lowest BCUT2D eigenvalue weighted by atomic mass is 10.1. The molecule has 142 valence electrons. The average Bonchev–Trinajstić information content (AvgIpc) is 2.99. The second-order valence-electron chi connectivity index (χ2n) is 6.96. The van der Waals surface area contributed by atoms with Crippen LogP contribution < -0.4 is 10.6 Å². The van der Waals surface area contributed by atoms with E-state index in [2.05, 4.69) is 20.6 Å². The van der Waals surface area contributed by atoms with Crippen molar-refractivity contribution in [2.45, 2.75) is 32.9 Å². The van der Waals surface area contributed by atoms with Crippen LogP contribution in [-0.4, -0.2) is 33.1 Å². The lowest BCUT2D eigenvalue weighted by Crippen LogP contribution is -2.46. The van der Waals surface area contributed by atoms with Crippen LogP contribution in [0.15, 0.2) is 30.3 Å². The van der Waals surface area contributed by atoms with Crippen molar-refractivity contribution in [2.24, 2.45) is 0 Å². The highest BCUT2D eigenvalue weighted by atomic mass is 35.5. The Hall–Kier alpha value is -2.22. The number of halogens is 1. The van der Waals surface area contributed by atoms with E-state index < -0.39 is 5.54 Å². The number of hydrogen-bond acceptors (Lipinski definition) is 6. The highest BCUT2D eigenvalue weighted by molar-refractivity contribution is 7.18. The Bertz CT molecular complexity index is 970. The van der Waals surface area contributed by atoms with Crippen molar-refractivity contribution in [3.63, 3.8) is 0 Å². The van der Waals surface area contributed by atoms with Crippen LogP contribution >= 0.6 is 22.9 Å². The number of aliphatic hydroxyl groups is 1. The molecule has 0 saturated heterocycles. The molecule has 1 aromatic carbocycles. The molecule has 3 rings (SSSR count). The number of carbonyl (C=O) groups is 1. The van der Waals surface area contributed by atoms with Gasteiger partial charge in [0, 0.05) is 17.0 Å². The van der Waals surface area contributed by atoms with Gasteiger partial charge in [0.1, 0.15) is 10.6 Å². The van der Waals surface area contributed by atoms with E-state index in [1.54, 1.807) is 37.3 Å². The van der Waals surface area contributed by atoms with Crippen molar-refractivity contribution in [1.82, 2.24) is 15.3 Å². The topological polar surface area (TPSA) is 87.1 Å². The molecule has 0 saturated carbocycles. The predicted octanol–water partition coefficient (Wildman–Crippen LogP) is 3.77. The summed E-state index contributed by atoms with van der Waals surface area (Å²) >= 11 is 7.59. The Morgan fingerprint density at radius 1 is 1.26 bits per heavy atom. The minimum atomic E-state index is -0.659. The SMILES string of the molecule is Cc1cc2c(NCc3ccc(C(=O)NC(C)(C)CO)cc3)nc(Cl)nc2s1. The lowest BCUT2D eigenvalue weighted by molar-refractivity contribution is 0.0869. The Labute approximate surface area is 166 Å². The number of nitrogens with one attached hydrogen (secondary N) is 2. The van der Waals surface area contributed by atoms with E-state index in [1.165, 1.54) is 0 Å². The van der Waals surface area contributed by atoms with E-state index in [9.17, 15) is 9.90 Å². The second-order valence-corrected chi connectivity index (χ2v) is 8.54. The van der Waals surface area contributed by atoms with Gasteiger partial charge in [0.05, 0.1) is 17.5 Å². The Morgan fingerprint density at radius 3 is 2.63 bits per heavy atom.